The van der Waals surface area contributed by atoms with Crippen LogP contribution in [0.3, 0.4) is 0 Å². The van der Waals surface area contributed by atoms with E-state index in [2.05, 4.69) is 52.1 Å². The van der Waals surface area contributed by atoms with Crippen LogP contribution in [0.5, 0.6) is 0 Å². The number of benzene rings is 1. The molecular weight excluding hydrogens is 270 g/mol. The van der Waals surface area contributed by atoms with Gasteiger partial charge in [0.05, 0.1) is 0 Å². The second-order valence-electron chi connectivity index (χ2n) is 5.99. The zero-order chi connectivity index (χ0) is 14.9. The van der Waals surface area contributed by atoms with Crippen LogP contribution in [0.1, 0.15) is 36.2 Å². The fraction of sp³-hybridized carbons (Fsp3) is 0.316. The molecule has 112 valence electrons. The highest BCUT2D eigenvalue weighted by molar-refractivity contribution is 5.86. The number of hydrogen-bond donors (Lipinski definition) is 1. The molecule has 0 radical (unpaired) electrons. The topological polar surface area (TPSA) is 29.9 Å². The summed E-state index contributed by atoms with van der Waals surface area (Å²) >= 11 is 0. The van der Waals surface area contributed by atoms with Crippen LogP contribution in [0, 0.1) is 0 Å². The van der Waals surface area contributed by atoms with Gasteiger partial charge >= 0.3 is 0 Å². The molecule has 3 heteroatoms. The molecule has 1 N–H and O–H groups in total. The molecule has 0 saturated heterocycles. The molecule has 0 bridgehead atoms. The van der Waals surface area contributed by atoms with Crippen LogP contribution >= 0.6 is 0 Å². The number of pyridine rings is 1. The first-order chi connectivity index (χ1) is 10.9. The van der Waals surface area contributed by atoms with Crippen molar-refractivity contribution < 1.29 is 0 Å². The molecule has 3 heterocycles. The number of nitrogens with one attached hydrogen (secondary N) is 1. The van der Waals surface area contributed by atoms with E-state index in [9.17, 15) is 0 Å². The average Bonchev–Trinajstić information content (AvgIpc) is 2.90. The van der Waals surface area contributed by atoms with Crippen molar-refractivity contribution in [3.8, 4) is 0 Å². The monoisotopic (exact) mass is 291 g/mol. The highest BCUT2D eigenvalue weighted by atomic mass is 15.0. The fourth-order valence-corrected chi connectivity index (χ4v) is 3.71. The molecule has 4 rings (SSSR count). The Labute approximate surface area is 131 Å². The molecule has 1 atom stereocenters. The number of para-hydroxylation sites is 1. The van der Waals surface area contributed by atoms with E-state index >= 15 is 0 Å². The van der Waals surface area contributed by atoms with Crippen molar-refractivity contribution in [1.82, 2.24) is 14.9 Å². The van der Waals surface area contributed by atoms with Crippen LogP contribution in [0.4, 0.5) is 0 Å². The molecule has 0 aliphatic carbocycles. The summed E-state index contributed by atoms with van der Waals surface area (Å²) in [4.78, 5) is 4.26. The third-order valence-electron chi connectivity index (χ3n) is 4.69. The molecule has 0 amide bonds. The minimum atomic E-state index is 0.476. The van der Waals surface area contributed by atoms with E-state index in [0.29, 0.717) is 6.04 Å². The third kappa shape index (κ3) is 2.13. The van der Waals surface area contributed by atoms with Gasteiger partial charge in [-0.1, -0.05) is 31.2 Å². The van der Waals surface area contributed by atoms with E-state index in [1.807, 2.05) is 18.5 Å². The van der Waals surface area contributed by atoms with Crippen molar-refractivity contribution >= 4 is 10.9 Å². The first-order valence-electron chi connectivity index (χ1n) is 8.10. The summed E-state index contributed by atoms with van der Waals surface area (Å²) in [5, 5.41) is 5.07. The van der Waals surface area contributed by atoms with Gasteiger partial charge in [0, 0.05) is 54.5 Å². The SMILES string of the molecule is CCC1NCCc2c1c1ccccc1n2Cc1cccnc1. The molecule has 1 aliphatic heterocycles. The number of nitrogens with zero attached hydrogens (tertiary/aromatic N) is 2. The highest BCUT2D eigenvalue weighted by Gasteiger charge is 2.25. The van der Waals surface area contributed by atoms with Gasteiger partial charge in [-0.2, -0.15) is 0 Å². The predicted octanol–water partition coefficient (Wildman–Crippen LogP) is 3.68. The van der Waals surface area contributed by atoms with Gasteiger partial charge in [0.25, 0.3) is 0 Å². The Balaban J connectivity index is 1.91. The average molecular weight is 291 g/mol. The van der Waals surface area contributed by atoms with E-state index < -0.39 is 0 Å². The first kappa shape index (κ1) is 13.5. The van der Waals surface area contributed by atoms with Gasteiger partial charge in [-0.05, 0) is 29.7 Å². The second-order valence-corrected chi connectivity index (χ2v) is 5.99. The maximum absolute atomic E-state index is 4.26. The van der Waals surface area contributed by atoms with E-state index in [4.69, 9.17) is 0 Å². The Bertz CT molecular complexity index is 789. The van der Waals surface area contributed by atoms with Crippen LogP contribution in [-0.4, -0.2) is 16.1 Å². The van der Waals surface area contributed by atoms with Gasteiger partial charge in [-0.15, -0.1) is 0 Å². The van der Waals surface area contributed by atoms with Crippen LogP contribution in [0.2, 0.25) is 0 Å². The number of rotatable bonds is 3. The minimum Gasteiger partial charge on any atom is -0.340 e. The summed E-state index contributed by atoms with van der Waals surface area (Å²) in [6.45, 7) is 4.23. The van der Waals surface area contributed by atoms with Gasteiger partial charge in [0.1, 0.15) is 0 Å². The molecule has 3 aromatic rings. The molecule has 1 aliphatic rings. The van der Waals surface area contributed by atoms with E-state index in [-0.39, 0.29) is 0 Å². The Morgan fingerprint density at radius 3 is 2.95 bits per heavy atom. The molecule has 3 nitrogen and oxygen atoms in total. The Hall–Kier alpha value is -2.13. The zero-order valence-electron chi connectivity index (χ0n) is 12.9. The summed E-state index contributed by atoms with van der Waals surface area (Å²) in [6.07, 6.45) is 6.04. The van der Waals surface area contributed by atoms with Gasteiger partial charge in [-0.25, -0.2) is 0 Å². The summed E-state index contributed by atoms with van der Waals surface area (Å²) in [5.41, 5.74) is 5.61. The number of fused-ring (bicyclic) bond motifs is 3. The van der Waals surface area contributed by atoms with Crippen molar-refractivity contribution in [3.05, 3.63) is 65.6 Å². The molecule has 0 saturated carbocycles. The fourth-order valence-electron chi connectivity index (χ4n) is 3.71. The maximum Gasteiger partial charge on any atom is 0.0494 e. The minimum absolute atomic E-state index is 0.476. The van der Waals surface area contributed by atoms with Crippen LogP contribution in [0.15, 0.2) is 48.8 Å². The lowest BCUT2D eigenvalue weighted by molar-refractivity contribution is 0.484. The molecule has 0 fully saturated rings. The first-order valence-corrected chi connectivity index (χ1v) is 8.10. The Morgan fingerprint density at radius 1 is 1.23 bits per heavy atom. The predicted molar refractivity (Wildman–Crippen MR) is 90.0 cm³/mol. The van der Waals surface area contributed by atoms with Gasteiger partial charge in [-0.3, -0.25) is 4.98 Å². The second kappa shape index (κ2) is 5.58. The Kier molecular flexibility index (Phi) is 3.43. The van der Waals surface area contributed by atoms with E-state index in [0.717, 1.165) is 25.9 Å². The normalized spacial score (nSPS) is 17.6. The van der Waals surface area contributed by atoms with E-state index in [1.165, 1.54) is 27.7 Å². The van der Waals surface area contributed by atoms with Crippen molar-refractivity contribution in [3.63, 3.8) is 0 Å². The van der Waals surface area contributed by atoms with Crippen molar-refractivity contribution in [2.45, 2.75) is 32.4 Å². The smallest absolute Gasteiger partial charge is 0.0494 e. The summed E-state index contributed by atoms with van der Waals surface area (Å²) in [7, 11) is 0. The van der Waals surface area contributed by atoms with Gasteiger partial charge in [0.2, 0.25) is 0 Å². The number of hydrogen-bond acceptors (Lipinski definition) is 2. The molecule has 0 spiro atoms. The highest BCUT2D eigenvalue weighted by Crippen LogP contribution is 2.35. The third-order valence-corrected chi connectivity index (χ3v) is 4.69. The Morgan fingerprint density at radius 2 is 2.14 bits per heavy atom. The van der Waals surface area contributed by atoms with Crippen molar-refractivity contribution in [1.29, 1.82) is 0 Å². The van der Waals surface area contributed by atoms with Gasteiger partial charge in [0.15, 0.2) is 0 Å². The van der Waals surface area contributed by atoms with Gasteiger partial charge < -0.3 is 9.88 Å². The maximum atomic E-state index is 4.26. The largest absolute Gasteiger partial charge is 0.340 e. The zero-order valence-corrected chi connectivity index (χ0v) is 12.9. The lowest BCUT2D eigenvalue weighted by Gasteiger charge is -2.25. The lowest BCUT2D eigenvalue weighted by atomic mass is 9.96. The standard InChI is InChI=1S/C19H21N3/c1-2-16-19-15-7-3-4-8-17(15)22(18(19)9-11-21-16)13-14-6-5-10-20-12-14/h3-8,10,12,16,21H,2,9,11,13H2,1H3. The number of aromatic nitrogens is 2. The molecule has 2 aromatic heterocycles. The summed E-state index contributed by atoms with van der Waals surface area (Å²) in [6, 6.07) is 13.5. The van der Waals surface area contributed by atoms with Crippen molar-refractivity contribution in [2.75, 3.05) is 6.54 Å². The van der Waals surface area contributed by atoms with Crippen molar-refractivity contribution in [2.24, 2.45) is 0 Å². The van der Waals surface area contributed by atoms with Crippen LogP contribution in [0.25, 0.3) is 10.9 Å². The summed E-state index contributed by atoms with van der Waals surface area (Å²) in [5.74, 6) is 0. The molecular formula is C19H21N3. The molecule has 22 heavy (non-hydrogen) atoms. The summed E-state index contributed by atoms with van der Waals surface area (Å²) < 4.78 is 2.49. The molecule has 1 unspecified atom stereocenters. The lowest BCUT2D eigenvalue weighted by Crippen LogP contribution is -2.30. The quantitative estimate of drug-likeness (QED) is 0.797. The van der Waals surface area contributed by atoms with Crippen LogP contribution in [-0.2, 0) is 13.0 Å². The van der Waals surface area contributed by atoms with E-state index in [1.54, 1.807) is 0 Å². The van der Waals surface area contributed by atoms with Crippen LogP contribution < -0.4 is 5.32 Å². The molecule has 1 aromatic carbocycles.